The molecular weight excluding hydrogens is 732 g/mol. The molecule has 286 valence electrons. The van der Waals surface area contributed by atoms with E-state index in [0.717, 1.165) is 22.4 Å². The van der Waals surface area contributed by atoms with Crippen LogP contribution in [0.2, 0.25) is 10.0 Å². The van der Waals surface area contributed by atoms with Gasteiger partial charge >= 0.3 is 6.09 Å². The first-order valence-corrected chi connectivity index (χ1v) is 19.2. The third-order valence-corrected chi connectivity index (χ3v) is 10.6. The Morgan fingerprint density at radius 2 is 1.59 bits per heavy atom. The maximum atomic E-state index is 14.8. The lowest BCUT2D eigenvalue weighted by atomic mass is 9.87. The Kier molecular flexibility index (Phi) is 13.5. The molecule has 2 aliphatic heterocycles. The van der Waals surface area contributed by atoms with Crippen LogP contribution in [0.1, 0.15) is 37.8 Å². The summed E-state index contributed by atoms with van der Waals surface area (Å²) in [5, 5.41) is 3.99. The average Bonchev–Trinajstić information content (AvgIpc) is 3.19. The molecule has 3 aromatic carbocycles. The van der Waals surface area contributed by atoms with Gasteiger partial charge in [0.15, 0.2) is 0 Å². The van der Waals surface area contributed by atoms with Crippen molar-refractivity contribution in [3.8, 4) is 22.6 Å². The number of nitrogens with one attached hydrogen (secondary N) is 1. The number of amides is 2. The van der Waals surface area contributed by atoms with Gasteiger partial charge in [-0.2, -0.15) is 0 Å². The highest BCUT2D eigenvalue weighted by Crippen LogP contribution is 2.42. The number of pyridine rings is 1. The Morgan fingerprint density at radius 1 is 0.870 bits per heavy atom. The molecule has 4 aromatic rings. The minimum atomic E-state index is -0.797. The average molecular weight is 779 g/mol. The number of hydrogen-bond acceptors (Lipinski definition) is 8. The van der Waals surface area contributed by atoms with Gasteiger partial charge in [0.2, 0.25) is 5.91 Å². The second kappa shape index (κ2) is 18.6. The van der Waals surface area contributed by atoms with Gasteiger partial charge in [-0.3, -0.25) is 14.7 Å². The fraction of sp³-hybridized carbons (Fsp3) is 0.390. The largest absolute Gasteiger partial charge is 0.493 e. The van der Waals surface area contributed by atoms with E-state index in [1.165, 1.54) is 6.07 Å². The predicted molar refractivity (Wildman–Crippen MR) is 209 cm³/mol. The number of rotatable bonds is 13. The Morgan fingerprint density at radius 3 is 2.30 bits per heavy atom. The van der Waals surface area contributed by atoms with Crippen molar-refractivity contribution in [3.63, 3.8) is 0 Å². The summed E-state index contributed by atoms with van der Waals surface area (Å²) in [4.78, 5) is 38.0. The van der Waals surface area contributed by atoms with Gasteiger partial charge in [0, 0.05) is 80.6 Å². The number of alkyl carbamates (subject to hydrolysis) is 1. The van der Waals surface area contributed by atoms with Gasteiger partial charge in [0.05, 0.1) is 23.3 Å². The number of carbonyl (C=O) groups excluding carboxylic acids is 2. The van der Waals surface area contributed by atoms with Gasteiger partial charge in [-0.15, -0.1) is 0 Å². The Hall–Kier alpha value is -4.58. The molecule has 0 bridgehead atoms. The molecule has 54 heavy (non-hydrogen) atoms. The first-order valence-electron chi connectivity index (χ1n) is 18.4. The Labute approximate surface area is 326 Å². The molecule has 2 saturated heterocycles. The van der Waals surface area contributed by atoms with E-state index in [0.29, 0.717) is 99.0 Å². The van der Waals surface area contributed by atoms with Crippen molar-refractivity contribution >= 4 is 40.9 Å². The van der Waals surface area contributed by atoms with E-state index in [-0.39, 0.29) is 24.2 Å². The first-order chi connectivity index (χ1) is 26.2. The minimum Gasteiger partial charge on any atom is -0.493 e. The summed E-state index contributed by atoms with van der Waals surface area (Å²) in [5.41, 5.74) is 3.84. The number of nitrogens with zero attached hydrogens (tertiary/aromatic N) is 4. The van der Waals surface area contributed by atoms with Crippen LogP contribution in [0.5, 0.6) is 11.5 Å². The molecule has 0 saturated carbocycles. The molecule has 2 amide bonds. The number of hydrogen-bond donors (Lipinski definition) is 1. The molecular formula is C41H46Cl2FN5O5. The Bertz CT molecular complexity index is 1890. The maximum Gasteiger partial charge on any atom is 0.408 e. The van der Waals surface area contributed by atoms with Gasteiger partial charge in [-0.1, -0.05) is 59.6 Å². The molecule has 2 fully saturated rings. The van der Waals surface area contributed by atoms with Crippen molar-refractivity contribution in [2.45, 2.75) is 45.9 Å². The molecule has 13 heteroatoms. The molecule has 0 aliphatic carbocycles. The summed E-state index contributed by atoms with van der Waals surface area (Å²) < 4.78 is 31.9. The topological polar surface area (TPSA) is 96.5 Å². The molecule has 1 aromatic heterocycles. The lowest BCUT2D eigenvalue weighted by molar-refractivity contribution is -0.136. The number of aromatic nitrogens is 1. The van der Waals surface area contributed by atoms with E-state index in [4.69, 9.17) is 37.4 Å². The number of anilines is 1. The zero-order valence-corrected chi connectivity index (χ0v) is 32.1. The van der Waals surface area contributed by atoms with Crippen molar-refractivity contribution < 1.29 is 28.2 Å². The summed E-state index contributed by atoms with van der Waals surface area (Å²) in [5.74, 6) is 0.459. The van der Waals surface area contributed by atoms with E-state index in [1.807, 2.05) is 56.3 Å². The Balaban J connectivity index is 1.17. The van der Waals surface area contributed by atoms with Crippen LogP contribution in [0.3, 0.4) is 0 Å². The summed E-state index contributed by atoms with van der Waals surface area (Å²) in [6.07, 6.45) is 3.97. The highest BCUT2D eigenvalue weighted by molar-refractivity contribution is 6.34. The predicted octanol–water partition coefficient (Wildman–Crippen LogP) is 7.85. The fourth-order valence-corrected chi connectivity index (χ4v) is 7.56. The molecule has 1 N–H and O–H groups in total. The van der Waals surface area contributed by atoms with E-state index >= 15 is 0 Å². The molecule has 1 atom stereocenters. The summed E-state index contributed by atoms with van der Waals surface area (Å²) in [6, 6.07) is 19.0. The number of piperidine rings is 1. The number of piperazine rings is 1. The SMILES string of the molecule is CCOc1cc(-c2cnccc2Cl)c(N2CCC([C@@H](NC(=O)OCc3ccccc3)C(=O)N3CCN(Cc4c(F)cccc4OCC)CC3)CC2)cc1Cl. The third kappa shape index (κ3) is 9.55. The normalized spacial score (nSPS) is 15.8. The number of carbonyl (C=O) groups is 2. The van der Waals surface area contributed by atoms with Gasteiger partial charge in [-0.05, 0) is 68.5 Å². The fourth-order valence-electron chi connectivity index (χ4n) is 7.14. The highest BCUT2D eigenvalue weighted by Gasteiger charge is 2.37. The monoisotopic (exact) mass is 777 g/mol. The van der Waals surface area contributed by atoms with E-state index in [1.54, 1.807) is 35.5 Å². The second-order valence-corrected chi connectivity index (χ2v) is 14.2. The van der Waals surface area contributed by atoms with Crippen molar-refractivity contribution in [2.75, 3.05) is 57.4 Å². The van der Waals surface area contributed by atoms with Crippen LogP contribution in [0.25, 0.3) is 11.1 Å². The van der Waals surface area contributed by atoms with Crippen molar-refractivity contribution in [1.82, 2.24) is 20.1 Å². The van der Waals surface area contributed by atoms with Gasteiger partial charge in [0.25, 0.3) is 0 Å². The van der Waals surface area contributed by atoms with Gasteiger partial charge in [0.1, 0.15) is 30.0 Å². The quantitative estimate of drug-likeness (QED) is 0.147. The molecule has 0 radical (unpaired) electrons. The number of benzene rings is 3. The van der Waals surface area contributed by atoms with E-state index in [2.05, 4.69) is 20.1 Å². The minimum absolute atomic E-state index is 0.0860. The van der Waals surface area contributed by atoms with E-state index < -0.39 is 12.1 Å². The summed E-state index contributed by atoms with van der Waals surface area (Å²) >= 11 is 13.4. The van der Waals surface area contributed by atoms with Crippen LogP contribution in [-0.4, -0.2) is 85.3 Å². The van der Waals surface area contributed by atoms with Crippen molar-refractivity contribution in [2.24, 2.45) is 5.92 Å². The lowest BCUT2D eigenvalue weighted by Gasteiger charge is -2.41. The smallest absolute Gasteiger partial charge is 0.408 e. The van der Waals surface area contributed by atoms with Crippen LogP contribution in [0, 0.1) is 11.7 Å². The molecule has 3 heterocycles. The number of ether oxygens (including phenoxy) is 3. The van der Waals surface area contributed by atoms with Crippen molar-refractivity contribution in [3.05, 3.63) is 106 Å². The van der Waals surface area contributed by atoms with Crippen LogP contribution in [0.4, 0.5) is 14.9 Å². The number of halogens is 3. The zero-order chi connectivity index (χ0) is 38.0. The second-order valence-electron chi connectivity index (χ2n) is 13.3. The highest BCUT2D eigenvalue weighted by atomic mass is 35.5. The van der Waals surface area contributed by atoms with Crippen LogP contribution in [0.15, 0.2) is 79.1 Å². The van der Waals surface area contributed by atoms with Gasteiger partial charge in [-0.25, -0.2) is 9.18 Å². The van der Waals surface area contributed by atoms with Crippen LogP contribution < -0.4 is 19.7 Å². The summed E-state index contributed by atoms with van der Waals surface area (Å²) in [7, 11) is 0. The molecule has 6 rings (SSSR count). The third-order valence-electron chi connectivity index (χ3n) is 9.95. The van der Waals surface area contributed by atoms with Gasteiger partial charge < -0.3 is 29.3 Å². The van der Waals surface area contributed by atoms with Crippen LogP contribution >= 0.6 is 23.2 Å². The summed E-state index contributed by atoms with van der Waals surface area (Å²) in [6.45, 7) is 8.30. The van der Waals surface area contributed by atoms with E-state index in [9.17, 15) is 14.0 Å². The lowest BCUT2D eigenvalue weighted by Crippen LogP contribution is -2.58. The molecule has 0 spiro atoms. The molecule has 0 unspecified atom stereocenters. The maximum absolute atomic E-state index is 14.8. The molecule has 2 aliphatic rings. The molecule has 10 nitrogen and oxygen atoms in total. The van der Waals surface area contributed by atoms with Crippen LogP contribution in [-0.2, 0) is 22.7 Å². The standard InChI is InChI=1S/C41H46Cl2FN5O5/c1-3-52-37-12-8-11-35(44)32(37)26-47-19-21-49(22-20-47)40(50)39(46-41(51)54-27-28-9-6-5-7-10-28)29-14-17-48(18-15-29)36-24-34(43)38(53-4-2)23-30(36)31-25-45-16-13-33(31)42/h5-13,16,23-25,29,39H,3-4,14-15,17-22,26-27H2,1-2H3,(H,46,51)/t39-/m1/s1. The van der Waals surface area contributed by atoms with Crippen molar-refractivity contribution in [1.29, 1.82) is 0 Å². The first kappa shape index (κ1) is 39.1. The zero-order valence-electron chi connectivity index (χ0n) is 30.6.